The molecule has 0 bridgehead atoms. The molecule has 0 saturated heterocycles. The number of aryl methyl sites for hydroxylation is 2. The fourth-order valence-electron chi connectivity index (χ4n) is 3.59. The summed E-state index contributed by atoms with van der Waals surface area (Å²) in [4.78, 5) is 26.5. The summed E-state index contributed by atoms with van der Waals surface area (Å²) < 4.78 is 5.27. The number of aliphatic hydroxyl groups is 1. The molecule has 1 aliphatic heterocycles. The zero-order valence-corrected chi connectivity index (χ0v) is 15.2. The standard InChI is InChI=1S/C21H18N2O4/c1-11-18(12(2)27-22-11)15-8-16(14-6-4-5-13(7-14)10-24)19-17(9-15)20(25)23(3)21(19)26/h4-9,24H,10H2,1-3H3. The van der Waals surface area contributed by atoms with E-state index in [9.17, 15) is 14.7 Å². The van der Waals surface area contributed by atoms with Gasteiger partial charge in [0, 0.05) is 12.6 Å². The van der Waals surface area contributed by atoms with E-state index in [0.717, 1.165) is 27.2 Å². The van der Waals surface area contributed by atoms with Crippen LogP contribution in [-0.2, 0) is 6.61 Å². The topological polar surface area (TPSA) is 83.6 Å². The molecule has 0 unspecified atom stereocenters. The van der Waals surface area contributed by atoms with Crippen LogP contribution in [0.2, 0.25) is 0 Å². The van der Waals surface area contributed by atoms with E-state index in [-0.39, 0.29) is 18.4 Å². The molecule has 6 nitrogen and oxygen atoms in total. The van der Waals surface area contributed by atoms with Gasteiger partial charge in [0.1, 0.15) is 5.76 Å². The molecule has 2 amide bonds. The van der Waals surface area contributed by atoms with Crippen LogP contribution in [0.5, 0.6) is 0 Å². The Balaban J connectivity index is 2.04. The molecular formula is C21H18N2O4. The first-order valence-electron chi connectivity index (χ1n) is 8.56. The molecule has 1 N–H and O–H groups in total. The van der Waals surface area contributed by atoms with Gasteiger partial charge in [-0.1, -0.05) is 23.4 Å². The maximum atomic E-state index is 12.7. The van der Waals surface area contributed by atoms with Crippen LogP contribution >= 0.6 is 0 Å². The quantitative estimate of drug-likeness (QED) is 0.723. The number of fused-ring (bicyclic) bond motifs is 1. The van der Waals surface area contributed by atoms with Crippen LogP contribution in [0.1, 0.15) is 37.7 Å². The predicted octanol–water partition coefficient (Wildman–Crippen LogP) is 3.34. The molecule has 0 saturated carbocycles. The average molecular weight is 362 g/mol. The minimum atomic E-state index is -0.330. The van der Waals surface area contributed by atoms with Crippen molar-refractivity contribution in [1.29, 1.82) is 0 Å². The van der Waals surface area contributed by atoms with Crippen molar-refractivity contribution in [3.8, 4) is 22.3 Å². The summed E-state index contributed by atoms with van der Waals surface area (Å²) >= 11 is 0. The second-order valence-electron chi connectivity index (χ2n) is 6.67. The Bertz CT molecular complexity index is 1080. The minimum Gasteiger partial charge on any atom is -0.392 e. The summed E-state index contributed by atoms with van der Waals surface area (Å²) in [6.45, 7) is 3.55. The highest BCUT2D eigenvalue weighted by Crippen LogP contribution is 2.38. The lowest BCUT2D eigenvalue weighted by atomic mass is 9.90. The van der Waals surface area contributed by atoms with Crippen molar-refractivity contribution >= 4 is 11.8 Å². The van der Waals surface area contributed by atoms with Crippen LogP contribution in [0.3, 0.4) is 0 Å². The predicted molar refractivity (Wildman–Crippen MR) is 99.2 cm³/mol. The molecule has 136 valence electrons. The Morgan fingerprint density at radius 3 is 2.41 bits per heavy atom. The third-order valence-corrected chi connectivity index (χ3v) is 4.93. The van der Waals surface area contributed by atoms with E-state index in [1.54, 1.807) is 12.1 Å². The number of hydrogen-bond donors (Lipinski definition) is 1. The number of carbonyl (C=O) groups excluding carboxylic acids is 2. The first-order valence-corrected chi connectivity index (χ1v) is 8.56. The lowest BCUT2D eigenvalue weighted by Gasteiger charge is -2.11. The Labute approximate surface area is 156 Å². The number of benzene rings is 2. The van der Waals surface area contributed by atoms with Gasteiger partial charge in [0.15, 0.2) is 0 Å². The van der Waals surface area contributed by atoms with E-state index in [1.165, 1.54) is 7.05 Å². The normalized spacial score (nSPS) is 13.4. The maximum Gasteiger partial charge on any atom is 0.261 e. The van der Waals surface area contributed by atoms with Gasteiger partial charge in [-0.2, -0.15) is 0 Å². The van der Waals surface area contributed by atoms with Crippen molar-refractivity contribution in [2.45, 2.75) is 20.5 Å². The summed E-state index contributed by atoms with van der Waals surface area (Å²) in [6, 6.07) is 10.9. The zero-order valence-electron chi connectivity index (χ0n) is 15.2. The van der Waals surface area contributed by atoms with Crippen LogP contribution in [0.4, 0.5) is 0 Å². The van der Waals surface area contributed by atoms with Gasteiger partial charge < -0.3 is 9.63 Å². The molecular weight excluding hydrogens is 344 g/mol. The first-order chi connectivity index (χ1) is 12.9. The molecule has 2 heterocycles. The lowest BCUT2D eigenvalue weighted by Crippen LogP contribution is -2.24. The molecule has 0 radical (unpaired) electrons. The molecule has 0 aliphatic carbocycles. The van der Waals surface area contributed by atoms with Crippen molar-refractivity contribution in [3.63, 3.8) is 0 Å². The van der Waals surface area contributed by atoms with Gasteiger partial charge in [-0.15, -0.1) is 0 Å². The number of imide groups is 1. The van der Waals surface area contributed by atoms with Gasteiger partial charge in [0.25, 0.3) is 11.8 Å². The molecule has 27 heavy (non-hydrogen) atoms. The minimum absolute atomic E-state index is 0.105. The molecule has 4 rings (SSSR count). The maximum absolute atomic E-state index is 12.7. The van der Waals surface area contributed by atoms with Crippen LogP contribution in [0.15, 0.2) is 40.9 Å². The Morgan fingerprint density at radius 2 is 1.74 bits per heavy atom. The van der Waals surface area contributed by atoms with Gasteiger partial charge in [-0.25, -0.2) is 0 Å². The highest BCUT2D eigenvalue weighted by Gasteiger charge is 2.36. The fraction of sp³-hybridized carbons (Fsp3) is 0.190. The second kappa shape index (κ2) is 6.17. The smallest absolute Gasteiger partial charge is 0.261 e. The Kier molecular flexibility index (Phi) is 3.93. The number of aromatic nitrogens is 1. The summed E-state index contributed by atoms with van der Waals surface area (Å²) in [6.07, 6.45) is 0. The lowest BCUT2D eigenvalue weighted by molar-refractivity contribution is 0.0693. The molecule has 1 aliphatic rings. The molecule has 0 fully saturated rings. The number of hydrogen-bond acceptors (Lipinski definition) is 5. The number of carbonyl (C=O) groups is 2. The fourth-order valence-corrected chi connectivity index (χ4v) is 3.59. The van der Waals surface area contributed by atoms with Gasteiger partial charge in [-0.3, -0.25) is 14.5 Å². The largest absolute Gasteiger partial charge is 0.392 e. The number of nitrogens with zero attached hydrogens (tertiary/aromatic N) is 2. The van der Waals surface area contributed by atoms with Crippen molar-refractivity contribution in [2.24, 2.45) is 0 Å². The van der Waals surface area contributed by atoms with Crippen molar-refractivity contribution in [1.82, 2.24) is 10.1 Å². The van der Waals surface area contributed by atoms with Gasteiger partial charge >= 0.3 is 0 Å². The van der Waals surface area contributed by atoms with E-state index in [0.29, 0.717) is 28.1 Å². The van der Waals surface area contributed by atoms with E-state index in [4.69, 9.17) is 4.52 Å². The first kappa shape index (κ1) is 17.2. The summed E-state index contributed by atoms with van der Waals surface area (Å²) in [7, 11) is 1.48. The number of aliphatic hydroxyl groups excluding tert-OH is 1. The molecule has 0 spiro atoms. The molecule has 3 aromatic rings. The van der Waals surface area contributed by atoms with Crippen LogP contribution in [0.25, 0.3) is 22.3 Å². The highest BCUT2D eigenvalue weighted by molar-refractivity contribution is 6.24. The van der Waals surface area contributed by atoms with Gasteiger partial charge in [0.05, 0.1) is 23.4 Å². The van der Waals surface area contributed by atoms with Crippen LogP contribution in [-0.4, -0.2) is 34.0 Å². The van der Waals surface area contributed by atoms with E-state index >= 15 is 0 Å². The molecule has 2 aromatic carbocycles. The van der Waals surface area contributed by atoms with E-state index < -0.39 is 0 Å². The SMILES string of the molecule is Cc1noc(C)c1-c1cc2c(c(-c3cccc(CO)c3)c1)C(=O)N(C)C2=O. The van der Waals surface area contributed by atoms with Crippen LogP contribution < -0.4 is 0 Å². The number of rotatable bonds is 3. The Hall–Kier alpha value is -3.25. The third-order valence-electron chi connectivity index (χ3n) is 4.93. The Morgan fingerprint density at radius 1 is 1.00 bits per heavy atom. The summed E-state index contributed by atoms with van der Waals surface area (Å²) in [5.41, 5.74) is 5.20. The molecule has 6 heteroatoms. The molecule has 1 aromatic heterocycles. The van der Waals surface area contributed by atoms with E-state index in [2.05, 4.69) is 5.16 Å². The number of amides is 2. The summed E-state index contributed by atoms with van der Waals surface area (Å²) in [5, 5.41) is 13.5. The van der Waals surface area contributed by atoms with Gasteiger partial charge in [-0.05, 0) is 54.3 Å². The molecule has 0 atom stereocenters. The zero-order chi connectivity index (χ0) is 19.3. The van der Waals surface area contributed by atoms with E-state index in [1.807, 2.05) is 38.1 Å². The van der Waals surface area contributed by atoms with Crippen molar-refractivity contribution in [3.05, 3.63) is 64.5 Å². The highest BCUT2D eigenvalue weighted by atomic mass is 16.5. The van der Waals surface area contributed by atoms with Gasteiger partial charge in [0.2, 0.25) is 0 Å². The summed E-state index contributed by atoms with van der Waals surface area (Å²) in [5.74, 6) is -0.0134. The average Bonchev–Trinajstić information content (AvgIpc) is 3.13. The van der Waals surface area contributed by atoms with Crippen molar-refractivity contribution < 1.29 is 19.2 Å². The monoisotopic (exact) mass is 362 g/mol. The third kappa shape index (κ3) is 2.57. The van der Waals surface area contributed by atoms with Crippen molar-refractivity contribution in [2.75, 3.05) is 7.05 Å². The second-order valence-corrected chi connectivity index (χ2v) is 6.67. The van der Waals surface area contributed by atoms with Crippen LogP contribution in [0, 0.1) is 13.8 Å².